The van der Waals surface area contributed by atoms with E-state index in [9.17, 15) is 17.2 Å². The molecule has 19 heavy (non-hydrogen) atoms. The Labute approximate surface area is 123 Å². The van der Waals surface area contributed by atoms with Crippen molar-refractivity contribution in [1.82, 2.24) is 0 Å². The van der Waals surface area contributed by atoms with Gasteiger partial charge in [-0.3, -0.25) is 0 Å². The molecule has 0 aliphatic rings. The molecular formula is C11H12BrClF2O3S. The highest BCUT2D eigenvalue weighted by atomic mass is 79.9. The van der Waals surface area contributed by atoms with Crippen LogP contribution in [0.1, 0.15) is 13.8 Å². The second-order valence-corrected chi connectivity index (χ2v) is 8.47. The van der Waals surface area contributed by atoms with E-state index in [2.05, 4.69) is 15.9 Å². The van der Waals surface area contributed by atoms with Gasteiger partial charge in [-0.25, -0.2) is 17.2 Å². The van der Waals surface area contributed by atoms with Gasteiger partial charge >= 0.3 is 0 Å². The number of hydrogen-bond acceptors (Lipinski definition) is 3. The van der Waals surface area contributed by atoms with E-state index in [-0.39, 0.29) is 22.6 Å². The van der Waals surface area contributed by atoms with Gasteiger partial charge in [0.05, 0.1) is 16.8 Å². The highest BCUT2D eigenvalue weighted by Gasteiger charge is 2.27. The first kappa shape index (κ1) is 16.7. The second-order valence-electron chi connectivity index (χ2n) is 4.83. The van der Waals surface area contributed by atoms with Gasteiger partial charge in [-0.1, -0.05) is 13.8 Å². The quantitative estimate of drug-likeness (QED) is 0.735. The minimum Gasteiger partial charge on any atom is -0.489 e. The van der Waals surface area contributed by atoms with E-state index in [4.69, 9.17) is 15.4 Å². The van der Waals surface area contributed by atoms with Gasteiger partial charge in [0.2, 0.25) is 9.05 Å². The van der Waals surface area contributed by atoms with Gasteiger partial charge < -0.3 is 4.74 Å². The molecule has 0 N–H and O–H groups in total. The SMILES string of the molecule is CC(C)(COc1c(F)cc(F)cc1Br)CS(=O)(=O)Cl. The van der Waals surface area contributed by atoms with Crippen molar-refractivity contribution < 1.29 is 21.9 Å². The molecule has 0 amide bonds. The molecule has 0 aliphatic carbocycles. The molecule has 0 radical (unpaired) electrons. The minimum atomic E-state index is -3.69. The van der Waals surface area contributed by atoms with Crippen molar-refractivity contribution in [3.63, 3.8) is 0 Å². The molecule has 108 valence electrons. The van der Waals surface area contributed by atoms with Gasteiger partial charge in [-0.15, -0.1) is 0 Å². The Balaban J connectivity index is 2.83. The summed E-state index contributed by atoms with van der Waals surface area (Å²) in [6.07, 6.45) is 0. The molecule has 0 aromatic heterocycles. The first-order chi connectivity index (χ1) is 8.50. The molecule has 0 saturated carbocycles. The fourth-order valence-corrected chi connectivity index (χ4v) is 3.87. The summed E-state index contributed by atoms with van der Waals surface area (Å²) < 4.78 is 53.7. The monoisotopic (exact) mass is 376 g/mol. The third-order valence-electron chi connectivity index (χ3n) is 2.13. The van der Waals surface area contributed by atoms with Gasteiger partial charge in [-0.2, -0.15) is 0 Å². The maximum atomic E-state index is 13.5. The lowest BCUT2D eigenvalue weighted by Gasteiger charge is -2.23. The normalized spacial score (nSPS) is 12.5. The molecule has 3 nitrogen and oxygen atoms in total. The summed E-state index contributed by atoms with van der Waals surface area (Å²) in [6, 6.07) is 1.75. The smallest absolute Gasteiger partial charge is 0.233 e. The van der Waals surface area contributed by atoms with Crippen molar-refractivity contribution in [3.8, 4) is 5.75 Å². The molecule has 0 saturated heterocycles. The van der Waals surface area contributed by atoms with Gasteiger partial charge in [0, 0.05) is 22.2 Å². The second kappa shape index (κ2) is 5.93. The summed E-state index contributed by atoms with van der Waals surface area (Å²) in [5, 5.41) is 0. The van der Waals surface area contributed by atoms with E-state index in [1.54, 1.807) is 13.8 Å². The topological polar surface area (TPSA) is 43.4 Å². The molecular weight excluding hydrogens is 366 g/mol. The molecule has 0 fully saturated rings. The van der Waals surface area contributed by atoms with Crippen molar-refractivity contribution in [2.45, 2.75) is 13.8 Å². The summed E-state index contributed by atoms with van der Waals surface area (Å²) in [5.41, 5.74) is -0.805. The van der Waals surface area contributed by atoms with E-state index >= 15 is 0 Å². The zero-order chi connectivity index (χ0) is 14.8. The summed E-state index contributed by atoms with van der Waals surface area (Å²) in [4.78, 5) is 0. The van der Waals surface area contributed by atoms with E-state index in [1.165, 1.54) is 0 Å². The van der Waals surface area contributed by atoms with Crippen LogP contribution in [0.25, 0.3) is 0 Å². The zero-order valence-corrected chi connectivity index (χ0v) is 13.4. The van der Waals surface area contributed by atoms with Crippen LogP contribution in [0.4, 0.5) is 8.78 Å². The molecule has 1 rings (SSSR count). The Morgan fingerprint density at radius 2 is 1.95 bits per heavy atom. The van der Waals surface area contributed by atoms with Crippen molar-refractivity contribution in [2.24, 2.45) is 5.41 Å². The first-order valence-corrected chi connectivity index (χ1v) is 8.47. The predicted octanol–water partition coefficient (Wildman–Crippen LogP) is 3.70. The first-order valence-electron chi connectivity index (χ1n) is 5.20. The van der Waals surface area contributed by atoms with Crippen LogP contribution in [0.3, 0.4) is 0 Å². The summed E-state index contributed by atoms with van der Waals surface area (Å²) in [7, 11) is 1.48. The van der Waals surface area contributed by atoms with Crippen LogP contribution in [0.2, 0.25) is 0 Å². The summed E-state index contributed by atoms with van der Waals surface area (Å²) in [5.74, 6) is -2.08. The number of rotatable bonds is 5. The van der Waals surface area contributed by atoms with E-state index in [1.807, 2.05) is 0 Å². The van der Waals surface area contributed by atoms with E-state index in [0.717, 1.165) is 6.07 Å². The number of ether oxygens (including phenoxy) is 1. The highest BCUT2D eigenvalue weighted by molar-refractivity contribution is 9.10. The number of halogens is 4. The Bertz CT molecular complexity index is 552. The molecule has 0 aliphatic heterocycles. The van der Waals surface area contributed by atoms with E-state index < -0.39 is 26.1 Å². The Hall–Kier alpha value is -0.400. The largest absolute Gasteiger partial charge is 0.489 e. The molecule has 0 atom stereocenters. The van der Waals surface area contributed by atoms with Gasteiger partial charge in [0.25, 0.3) is 0 Å². The third kappa shape index (κ3) is 5.62. The van der Waals surface area contributed by atoms with E-state index in [0.29, 0.717) is 6.07 Å². The van der Waals surface area contributed by atoms with Crippen molar-refractivity contribution in [3.05, 3.63) is 28.2 Å². The maximum absolute atomic E-state index is 13.5. The molecule has 1 aromatic carbocycles. The minimum absolute atomic E-state index is 0.0832. The van der Waals surface area contributed by atoms with Crippen LogP contribution in [0.15, 0.2) is 16.6 Å². The lowest BCUT2D eigenvalue weighted by Crippen LogP contribution is -2.28. The maximum Gasteiger partial charge on any atom is 0.233 e. The molecule has 8 heteroatoms. The van der Waals surface area contributed by atoms with Crippen molar-refractivity contribution >= 4 is 35.7 Å². The molecule has 0 heterocycles. The van der Waals surface area contributed by atoms with Gasteiger partial charge in [0.15, 0.2) is 11.6 Å². The zero-order valence-electron chi connectivity index (χ0n) is 10.2. The summed E-state index contributed by atoms with van der Waals surface area (Å²) >= 11 is 2.98. The average molecular weight is 378 g/mol. The standard InChI is InChI=1S/C11H12BrClF2O3S/c1-11(2,6-19(13,16)17)5-18-10-8(12)3-7(14)4-9(10)15/h3-4H,5-6H2,1-2H3. The van der Waals surface area contributed by atoms with Crippen LogP contribution in [0.5, 0.6) is 5.75 Å². The summed E-state index contributed by atoms with van der Waals surface area (Å²) in [6.45, 7) is 3.14. The fraction of sp³-hybridized carbons (Fsp3) is 0.455. The Morgan fingerprint density at radius 1 is 1.37 bits per heavy atom. The molecule has 0 unspecified atom stereocenters. The van der Waals surface area contributed by atoms with Crippen LogP contribution >= 0.6 is 26.6 Å². The molecule has 1 aromatic rings. The fourth-order valence-electron chi connectivity index (χ4n) is 1.44. The Kier molecular flexibility index (Phi) is 5.20. The van der Waals surface area contributed by atoms with Gasteiger partial charge in [0.1, 0.15) is 5.82 Å². The highest BCUT2D eigenvalue weighted by Crippen LogP contribution is 2.31. The van der Waals surface area contributed by atoms with Crippen LogP contribution in [-0.4, -0.2) is 20.8 Å². The van der Waals surface area contributed by atoms with Crippen LogP contribution in [-0.2, 0) is 9.05 Å². The lowest BCUT2D eigenvalue weighted by atomic mass is 9.98. The van der Waals surface area contributed by atoms with Crippen molar-refractivity contribution in [1.29, 1.82) is 0 Å². The molecule has 0 bridgehead atoms. The molecule has 0 spiro atoms. The van der Waals surface area contributed by atoms with Crippen LogP contribution < -0.4 is 4.74 Å². The number of hydrogen-bond donors (Lipinski definition) is 0. The lowest BCUT2D eigenvalue weighted by molar-refractivity contribution is 0.192. The third-order valence-corrected chi connectivity index (χ3v) is 4.18. The Morgan fingerprint density at radius 3 is 2.42 bits per heavy atom. The van der Waals surface area contributed by atoms with Gasteiger partial charge in [-0.05, 0) is 22.0 Å². The average Bonchev–Trinajstić information content (AvgIpc) is 2.10. The van der Waals surface area contributed by atoms with Crippen molar-refractivity contribution in [2.75, 3.05) is 12.4 Å². The predicted molar refractivity (Wildman–Crippen MR) is 73.0 cm³/mol. The van der Waals surface area contributed by atoms with Crippen LogP contribution in [0, 0.1) is 17.0 Å². The number of benzene rings is 1.